The molecule has 34 heavy (non-hydrogen) atoms. The average molecular weight is 493 g/mol. The van der Waals surface area contributed by atoms with Crippen LogP contribution in [0.1, 0.15) is 44.4 Å². The van der Waals surface area contributed by atoms with Crippen molar-refractivity contribution in [1.82, 2.24) is 28.5 Å². The zero-order valence-electron chi connectivity index (χ0n) is 19.4. The van der Waals surface area contributed by atoms with Crippen molar-refractivity contribution in [2.75, 3.05) is 32.4 Å². The van der Waals surface area contributed by atoms with E-state index in [2.05, 4.69) is 15.0 Å². The minimum Gasteiger partial charge on any atom is -0.337 e. The van der Waals surface area contributed by atoms with E-state index in [1.165, 1.54) is 23.0 Å². The lowest BCUT2D eigenvalue weighted by atomic mass is 9.93. The molecule has 5 rings (SSSR count). The molecule has 0 amide bonds. The van der Waals surface area contributed by atoms with Crippen LogP contribution in [0.3, 0.4) is 0 Å². The number of fused-ring (bicyclic) bond motifs is 1. The molecule has 12 heteroatoms. The molecule has 2 aliphatic heterocycles. The molecule has 0 atom stereocenters. The molecule has 0 aliphatic carbocycles. The van der Waals surface area contributed by atoms with Crippen molar-refractivity contribution in [2.45, 2.75) is 51.1 Å². The minimum absolute atomic E-state index is 0.0839. The van der Waals surface area contributed by atoms with Crippen LogP contribution in [0.2, 0.25) is 0 Å². The molecule has 3 aromatic rings. The third-order valence-electron chi connectivity index (χ3n) is 7.13. The summed E-state index contributed by atoms with van der Waals surface area (Å²) < 4.78 is 47.4. The van der Waals surface area contributed by atoms with E-state index in [4.69, 9.17) is 4.52 Å². The summed E-state index contributed by atoms with van der Waals surface area (Å²) in [6, 6.07) is 4.61. The van der Waals surface area contributed by atoms with E-state index in [1.54, 1.807) is 14.9 Å². The molecule has 0 bridgehead atoms. The highest BCUT2D eigenvalue weighted by atomic mass is 32.2. The Bertz CT molecular complexity index is 1350. The number of rotatable bonds is 5. The van der Waals surface area contributed by atoms with Gasteiger partial charge in [0.2, 0.25) is 15.9 Å². The number of hydrogen-bond acceptors (Lipinski definition) is 7. The van der Waals surface area contributed by atoms with Crippen molar-refractivity contribution < 1.29 is 17.3 Å². The zero-order chi connectivity index (χ0) is 24.0. The van der Waals surface area contributed by atoms with Crippen molar-refractivity contribution in [1.29, 1.82) is 0 Å². The van der Waals surface area contributed by atoms with Gasteiger partial charge in [-0.2, -0.15) is 4.98 Å². The van der Waals surface area contributed by atoms with Crippen LogP contribution in [0.5, 0.6) is 0 Å². The van der Waals surface area contributed by atoms with E-state index < -0.39 is 15.8 Å². The lowest BCUT2D eigenvalue weighted by molar-refractivity contribution is 0.105. The molecule has 2 saturated heterocycles. The summed E-state index contributed by atoms with van der Waals surface area (Å²) in [5.41, 5.74) is 0.704. The maximum atomic E-state index is 13.9. The fourth-order valence-corrected chi connectivity index (χ4v) is 6.14. The monoisotopic (exact) mass is 492 g/mol. The molecule has 0 unspecified atom stereocenters. The van der Waals surface area contributed by atoms with Crippen LogP contribution in [0.15, 0.2) is 27.5 Å². The summed E-state index contributed by atoms with van der Waals surface area (Å²) in [6.07, 6.45) is 4.62. The molecule has 1 aromatic carbocycles. The van der Waals surface area contributed by atoms with Gasteiger partial charge < -0.3 is 9.42 Å². The van der Waals surface area contributed by atoms with Gasteiger partial charge in [-0.15, -0.1) is 0 Å². The average Bonchev–Trinajstić information content (AvgIpc) is 3.40. The topological polar surface area (TPSA) is 106 Å². The standard InChI is InChI=1S/C22H29FN6O4S/c1-3-28-18-5-4-16(23)14-19(18)29(22(28)30)21-24-20(33-25-21)15-6-10-26(11-7-15)17-8-12-27(13-9-17)34(2,31)32/h4-5,14-15,17H,3,6-13H2,1-2H3. The summed E-state index contributed by atoms with van der Waals surface area (Å²) in [5, 5.41) is 4.06. The molecule has 0 radical (unpaired) electrons. The van der Waals surface area contributed by atoms with Gasteiger partial charge in [0, 0.05) is 37.7 Å². The summed E-state index contributed by atoms with van der Waals surface area (Å²) in [6.45, 7) is 5.17. The van der Waals surface area contributed by atoms with Crippen LogP contribution in [-0.2, 0) is 16.6 Å². The van der Waals surface area contributed by atoms with E-state index in [0.29, 0.717) is 42.6 Å². The maximum absolute atomic E-state index is 13.9. The van der Waals surface area contributed by atoms with Gasteiger partial charge in [-0.1, -0.05) is 0 Å². The largest absolute Gasteiger partial charge is 0.337 e. The highest BCUT2D eigenvalue weighted by Crippen LogP contribution is 2.30. The Morgan fingerprint density at radius 2 is 1.79 bits per heavy atom. The first-order valence-electron chi connectivity index (χ1n) is 11.7. The molecular formula is C22H29FN6O4S. The number of likely N-dealkylation sites (tertiary alicyclic amines) is 1. The normalized spacial score (nSPS) is 19.9. The summed E-state index contributed by atoms with van der Waals surface area (Å²) in [4.78, 5) is 19.9. The minimum atomic E-state index is -3.12. The second-order valence-corrected chi connectivity index (χ2v) is 11.1. The van der Waals surface area contributed by atoms with Crippen molar-refractivity contribution in [3.05, 3.63) is 40.4 Å². The highest BCUT2D eigenvalue weighted by Gasteiger charge is 2.33. The van der Waals surface area contributed by atoms with Crippen molar-refractivity contribution >= 4 is 21.1 Å². The van der Waals surface area contributed by atoms with Crippen LogP contribution >= 0.6 is 0 Å². The van der Waals surface area contributed by atoms with Crippen LogP contribution in [-0.4, -0.2) is 75.4 Å². The summed E-state index contributed by atoms with van der Waals surface area (Å²) in [7, 11) is -3.12. The maximum Gasteiger partial charge on any atom is 0.336 e. The molecule has 0 N–H and O–H groups in total. The number of nitrogens with zero attached hydrogens (tertiary/aromatic N) is 6. The van der Waals surface area contributed by atoms with E-state index >= 15 is 0 Å². The van der Waals surface area contributed by atoms with E-state index in [1.807, 2.05) is 6.92 Å². The fourth-order valence-electron chi connectivity index (χ4n) is 5.26. The molecule has 2 fully saturated rings. The number of sulfonamides is 1. The smallest absolute Gasteiger partial charge is 0.336 e. The summed E-state index contributed by atoms with van der Waals surface area (Å²) >= 11 is 0. The van der Waals surface area contributed by atoms with Crippen LogP contribution in [0.4, 0.5) is 4.39 Å². The first-order chi connectivity index (χ1) is 16.3. The lowest BCUT2D eigenvalue weighted by Crippen LogP contribution is -2.48. The number of hydrogen-bond donors (Lipinski definition) is 0. The van der Waals surface area contributed by atoms with Gasteiger partial charge in [0.1, 0.15) is 5.82 Å². The fraction of sp³-hybridized carbons (Fsp3) is 0.591. The van der Waals surface area contributed by atoms with Gasteiger partial charge in [0.25, 0.3) is 5.95 Å². The van der Waals surface area contributed by atoms with Gasteiger partial charge in [0.05, 0.1) is 17.3 Å². The van der Waals surface area contributed by atoms with Crippen molar-refractivity contribution in [3.8, 4) is 5.95 Å². The predicted octanol–water partition coefficient (Wildman–Crippen LogP) is 1.94. The zero-order valence-corrected chi connectivity index (χ0v) is 20.2. The Morgan fingerprint density at radius 3 is 2.44 bits per heavy atom. The second kappa shape index (κ2) is 8.90. The first-order valence-corrected chi connectivity index (χ1v) is 13.5. The van der Waals surface area contributed by atoms with Gasteiger partial charge >= 0.3 is 5.69 Å². The number of aromatic nitrogens is 4. The number of piperidine rings is 2. The Kier molecular flexibility index (Phi) is 6.07. The third-order valence-corrected chi connectivity index (χ3v) is 8.43. The predicted molar refractivity (Wildman–Crippen MR) is 124 cm³/mol. The second-order valence-electron chi connectivity index (χ2n) is 9.13. The van der Waals surface area contributed by atoms with Crippen molar-refractivity contribution in [3.63, 3.8) is 0 Å². The van der Waals surface area contributed by atoms with E-state index in [-0.39, 0.29) is 17.6 Å². The SMILES string of the molecule is CCn1c(=O)n(-c2noc(C3CCN(C4CCN(S(C)(=O)=O)CC4)CC3)n2)c2cc(F)ccc21. The molecule has 0 saturated carbocycles. The van der Waals surface area contributed by atoms with E-state index in [9.17, 15) is 17.6 Å². The third kappa shape index (κ3) is 4.18. The number of benzene rings is 1. The Balaban J connectivity index is 1.29. The van der Waals surface area contributed by atoms with E-state index in [0.717, 1.165) is 38.8 Å². The Morgan fingerprint density at radius 1 is 1.09 bits per heavy atom. The number of halogens is 1. The van der Waals surface area contributed by atoms with Crippen LogP contribution in [0.25, 0.3) is 17.0 Å². The molecule has 0 spiro atoms. The highest BCUT2D eigenvalue weighted by molar-refractivity contribution is 7.88. The molecule has 4 heterocycles. The Labute approximate surface area is 197 Å². The molecule has 2 aliphatic rings. The molecule has 184 valence electrons. The van der Waals surface area contributed by atoms with Crippen LogP contribution < -0.4 is 5.69 Å². The summed E-state index contributed by atoms with van der Waals surface area (Å²) in [5.74, 6) is 0.258. The van der Waals surface area contributed by atoms with Crippen molar-refractivity contribution in [2.24, 2.45) is 0 Å². The first kappa shape index (κ1) is 23.2. The molecule has 10 nitrogen and oxygen atoms in total. The molecule has 2 aromatic heterocycles. The van der Waals surface area contributed by atoms with Gasteiger partial charge in [-0.05, 0) is 63.0 Å². The number of imidazole rings is 1. The molecular weight excluding hydrogens is 463 g/mol. The van der Waals surface area contributed by atoms with Gasteiger partial charge in [0.15, 0.2) is 0 Å². The lowest BCUT2D eigenvalue weighted by Gasteiger charge is -2.40. The Hall–Kier alpha value is -2.57. The van der Waals surface area contributed by atoms with Gasteiger partial charge in [-0.25, -0.2) is 26.5 Å². The van der Waals surface area contributed by atoms with Crippen LogP contribution in [0, 0.1) is 5.82 Å². The number of aryl methyl sites for hydroxylation is 1. The quantitative estimate of drug-likeness (QED) is 0.536. The van der Waals surface area contributed by atoms with Gasteiger partial charge in [-0.3, -0.25) is 4.57 Å².